The van der Waals surface area contributed by atoms with Gasteiger partial charge in [-0.1, -0.05) is 0 Å². The van der Waals surface area contributed by atoms with Crippen LogP contribution < -0.4 is 46.3 Å². The lowest BCUT2D eigenvalue weighted by molar-refractivity contribution is 0.331. The quantitative estimate of drug-likeness (QED) is 0.0357. The van der Waals surface area contributed by atoms with Crippen molar-refractivity contribution < 1.29 is 68.6 Å². The van der Waals surface area contributed by atoms with Crippen molar-refractivity contribution in [2.45, 2.75) is 24.5 Å². The van der Waals surface area contributed by atoms with Crippen LogP contribution >= 0.6 is 11.6 Å². The molecular weight excluding hydrogens is 962 g/mol. The van der Waals surface area contributed by atoms with E-state index in [0.29, 0.717) is 30.3 Å². The van der Waals surface area contributed by atoms with Crippen molar-refractivity contribution in [2.75, 3.05) is 16.8 Å². The van der Waals surface area contributed by atoms with Gasteiger partial charge < -0.3 is 21.9 Å². The molecule has 0 aliphatic heterocycles. The normalized spacial score (nSPS) is 13.1. The van der Waals surface area contributed by atoms with E-state index in [1.807, 2.05) is 0 Å². The number of benzene rings is 4. The summed E-state index contributed by atoms with van der Waals surface area (Å²) in [4.78, 5) is 6.28. The molecular formula is C25H24ClN15O16S5. The van der Waals surface area contributed by atoms with Crippen molar-refractivity contribution >= 4 is 119 Å². The lowest BCUT2D eigenvalue weighted by Gasteiger charge is -2.15. The van der Waals surface area contributed by atoms with Gasteiger partial charge in [-0.2, -0.15) is 108 Å². The molecule has 332 valence electrons. The lowest BCUT2D eigenvalue weighted by atomic mass is 10.1. The molecule has 5 rings (SSSR count). The number of aromatic hydroxyl groups is 1. The molecule has 0 amide bonds. The molecule has 31 nitrogen and oxygen atoms in total. The first-order valence-electron chi connectivity index (χ1n) is 15.2. The second-order valence-electron chi connectivity index (χ2n) is 11.2. The molecule has 0 atom stereocenters. The summed E-state index contributed by atoms with van der Waals surface area (Å²) >= 11 is 5.81. The first-order valence-corrected chi connectivity index (χ1v) is 22.6. The van der Waals surface area contributed by atoms with Crippen molar-refractivity contribution in [2.24, 2.45) is 49.9 Å². The number of fused-ring (bicyclic) bond motifs is 1. The molecule has 0 bridgehead atoms. The van der Waals surface area contributed by atoms with Gasteiger partial charge in [-0.15, -0.1) is 20.5 Å². The van der Waals surface area contributed by atoms with E-state index >= 15 is 0 Å². The van der Waals surface area contributed by atoms with E-state index in [1.165, 1.54) is 0 Å². The van der Waals surface area contributed by atoms with Crippen LogP contribution in [0.25, 0.3) is 10.8 Å². The summed E-state index contributed by atoms with van der Waals surface area (Å²) in [7, 11) is -25.0. The monoisotopic (exact) mass is 985 g/mol. The molecule has 1 heterocycles. The van der Waals surface area contributed by atoms with Gasteiger partial charge in [0, 0.05) is 5.69 Å². The van der Waals surface area contributed by atoms with Gasteiger partial charge in [0.25, 0.3) is 0 Å². The minimum absolute atomic E-state index is 0.0553. The number of hydrogen-bond donors (Lipinski definition) is 9. The molecule has 4 aromatic carbocycles. The number of nitrogens with two attached hydrogens (primary N) is 7. The van der Waals surface area contributed by atoms with E-state index in [9.17, 15) is 47.2 Å². The molecule has 37 heteroatoms. The van der Waals surface area contributed by atoms with Crippen molar-refractivity contribution in [1.82, 2.24) is 15.0 Å². The Kier molecular flexibility index (Phi) is 13.3. The first-order chi connectivity index (χ1) is 28.9. The number of nitrogens with one attached hydrogen (secondary N) is 1. The van der Waals surface area contributed by atoms with Crippen molar-refractivity contribution in [1.29, 1.82) is 0 Å². The summed E-state index contributed by atoms with van der Waals surface area (Å²) in [5.74, 6) is 22.7. The average Bonchev–Trinajstić information content (AvgIpc) is 3.21. The summed E-state index contributed by atoms with van der Waals surface area (Å²) < 4.78 is 148. The van der Waals surface area contributed by atoms with E-state index in [0.717, 1.165) is 18.2 Å². The largest absolute Gasteiger partial charge is 0.505 e. The Morgan fingerprint density at radius 3 is 1.55 bits per heavy atom. The van der Waals surface area contributed by atoms with E-state index < -0.39 is 120 Å². The van der Waals surface area contributed by atoms with Crippen LogP contribution in [0, 0.1) is 0 Å². The Labute approximate surface area is 351 Å². The maximum Gasteiger partial charge on any atom is 0.315 e. The molecule has 0 saturated heterocycles. The lowest BCUT2D eigenvalue weighted by Crippen LogP contribution is -2.14. The predicted molar refractivity (Wildman–Crippen MR) is 206 cm³/mol. The number of aromatic nitrogens is 3. The Bertz CT molecular complexity index is 3270. The minimum atomic E-state index is -5.20. The second-order valence-corrected chi connectivity index (χ2v) is 19.3. The van der Waals surface area contributed by atoms with Gasteiger partial charge in [0.05, 0.1) is 16.0 Å². The van der Waals surface area contributed by atoms with Crippen LogP contribution in [0.1, 0.15) is 0 Å². The third-order valence-corrected chi connectivity index (χ3v) is 13.3. The number of halogens is 1. The topological polar surface area (TPSA) is 519 Å². The standard InChI is InChI=1S/C25H24ClN15O16S5/c26-23-35-24(28)37-25(36-23)34-10-1-3-14(59(45,46)54-30)12(7-10)38-41-21-17(62(51,52)57-33)6-9-5-16(61(49,50)56-32)20(19(27)18(9)22(21)42)40-39-13-8-11(58(43,44)53-29)2-4-15(13)60(47,48)55-31/h1-8,42H,27,29-33H2,(H3,28,34,35,36,37). The summed E-state index contributed by atoms with van der Waals surface area (Å²) in [6, 6.07) is 5.93. The van der Waals surface area contributed by atoms with Gasteiger partial charge in [0.1, 0.15) is 42.3 Å². The highest BCUT2D eigenvalue weighted by Gasteiger charge is 2.31. The molecule has 16 N–H and O–H groups in total. The summed E-state index contributed by atoms with van der Waals surface area (Å²) in [6.07, 6.45) is 0. The third kappa shape index (κ3) is 9.48. The Morgan fingerprint density at radius 2 is 1.03 bits per heavy atom. The molecule has 5 aromatic rings. The van der Waals surface area contributed by atoms with Crippen LogP contribution in [0.15, 0.2) is 93.5 Å². The number of hydrogen-bond acceptors (Lipinski definition) is 31. The number of rotatable bonds is 16. The fourth-order valence-corrected chi connectivity index (χ4v) is 8.61. The molecule has 0 fully saturated rings. The van der Waals surface area contributed by atoms with E-state index in [4.69, 9.17) is 52.6 Å². The number of anilines is 4. The van der Waals surface area contributed by atoms with E-state index in [-0.39, 0.29) is 22.9 Å². The summed E-state index contributed by atoms with van der Waals surface area (Å²) in [5.41, 5.74) is 7.08. The number of azo groups is 2. The molecule has 0 aliphatic rings. The zero-order chi connectivity index (χ0) is 46.2. The highest BCUT2D eigenvalue weighted by Crippen LogP contribution is 2.49. The van der Waals surface area contributed by atoms with Crippen LogP contribution in [0.3, 0.4) is 0 Å². The van der Waals surface area contributed by atoms with Crippen molar-refractivity contribution in [3.63, 3.8) is 0 Å². The van der Waals surface area contributed by atoms with Gasteiger partial charge >= 0.3 is 50.6 Å². The SMILES string of the molecule is NOS(=O)(=O)c1ccc(S(=O)(=O)ON)c(N=Nc2c(S(=O)(=O)ON)cc3cc(S(=O)(=O)ON)c(N=Nc4cc(Nc5nc(N)nc(Cl)n5)ccc4S(=O)(=O)ON)c(O)c3c2N)c1. The maximum atomic E-state index is 13.1. The van der Waals surface area contributed by atoms with Crippen LogP contribution in [0.4, 0.5) is 46.0 Å². The third-order valence-electron chi connectivity index (χ3n) is 7.60. The number of phenols is 1. The van der Waals surface area contributed by atoms with Crippen LogP contribution in [-0.2, 0) is 72.0 Å². The molecule has 0 unspecified atom stereocenters. The van der Waals surface area contributed by atoms with E-state index in [2.05, 4.69) is 62.1 Å². The fourth-order valence-electron chi connectivity index (χ4n) is 4.94. The van der Waals surface area contributed by atoms with Crippen LogP contribution in [0.5, 0.6) is 5.75 Å². The maximum absolute atomic E-state index is 13.1. The second kappa shape index (κ2) is 17.5. The Balaban J connectivity index is 1.83. The summed E-state index contributed by atoms with van der Waals surface area (Å²) in [5, 5.41) is 27.3. The average molecular weight is 986 g/mol. The first kappa shape index (κ1) is 47.2. The number of nitrogens with zero attached hydrogens (tertiary/aromatic N) is 7. The fraction of sp³-hybridized carbons (Fsp3) is 0. The number of phenolic OH excluding ortho intramolecular Hbond substituents is 1. The molecule has 62 heavy (non-hydrogen) atoms. The molecule has 0 aliphatic carbocycles. The molecule has 1 aromatic heterocycles. The van der Waals surface area contributed by atoms with Crippen molar-refractivity contribution in [3.05, 3.63) is 53.8 Å². The number of nitrogen functional groups attached to an aromatic ring is 2. The smallest absolute Gasteiger partial charge is 0.315 e. The zero-order valence-corrected chi connectivity index (χ0v) is 34.6. The molecule has 0 radical (unpaired) electrons. The summed E-state index contributed by atoms with van der Waals surface area (Å²) in [6.45, 7) is 0. The van der Waals surface area contributed by atoms with Crippen LogP contribution in [-0.4, -0.2) is 62.1 Å². The Hall–Kier alpha value is -5.81. The van der Waals surface area contributed by atoms with Crippen molar-refractivity contribution in [3.8, 4) is 5.75 Å². The highest BCUT2D eigenvalue weighted by molar-refractivity contribution is 7.88. The van der Waals surface area contributed by atoms with Crippen LogP contribution in [0.2, 0.25) is 5.28 Å². The van der Waals surface area contributed by atoms with Gasteiger partial charge in [-0.3, -0.25) is 0 Å². The van der Waals surface area contributed by atoms with Gasteiger partial charge in [0.2, 0.25) is 17.2 Å². The van der Waals surface area contributed by atoms with E-state index in [1.54, 1.807) is 0 Å². The van der Waals surface area contributed by atoms with Gasteiger partial charge in [-0.05, 0) is 65.5 Å². The minimum Gasteiger partial charge on any atom is -0.505 e. The Morgan fingerprint density at radius 1 is 0.565 bits per heavy atom. The zero-order valence-electron chi connectivity index (χ0n) is 29.8. The van der Waals surface area contributed by atoms with Gasteiger partial charge in [-0.25, -0.2) is 0 Å². The predicted octanol–water partition coefficient (Wildman–Crippen LogP) is 0.0176. The van der Waals surface area contributed by atoms with Gasteiger partial charge in [0.15, 0.2) is 5.75 Å². The molecule has 0 spiro atoms. The molecule has 0 saturated carbocycles. The highest BCUT2D eigenvalue weighted by atomic mass is 35.5.